The Labute approximate surface area is 357 Å². The molecule has 4 aliphatic rings. The highest BCUT2D eigenvalue weighted by molar-refractivity contribution is 5.83. The Morgan fingerprint density at radius 2 is 1.37 bits per heavy atom. The Kier molecular flexibility index (Phi) is 19.2. The quantitative estimate of drug-likeness (QED) is 0.300. The molecular formula is C43H77NO16. The summed E-state index contributed by atoms with van der Waals surface area (Å²) >= 11 is 0. The standard InChI is InChI=1S/C40H73NO13.C3H4O3/c1-17-28-40(10,45)33(43)23(4)30(42)21(2)19-38(8,48-15)34(54-37-32(46-13)27(41(11)12)18-22(3)50-37)24(5)31(25(6)36(44)52-28)53-29-20-39(9,49-16)35(47-14)26(7)51-29;4-3-5-1-2-6-3/h21-29,31-35,37,43,45H,17-20H2,1-16H3;1-2H2/t21-,22-,23+,24+,25-,26+,27+,28-,29+,31+,32-,33-,34-,35+,37+,38-,39-,40-;/m1./s1. The molecular weight excluding hydrogens is 786 g/mol. The first-order valence-corrected chi connectivity index (χ1v) is 21.3. The molecule has 4 saturated heterocycles. The van der Waals surface area contributed by atoms with Crippen molar-refractivity contribution in [2.24, 2.45) is 23.7 Å². The Morgan fingerprint density at radius 1 is 0.783 bits per heavy atom. The topological polar surface area (TPSA) is 196 Å². The second-order valence-electron chi connectivity index (χ2n) is 18.0. The van der Waals surface area contributed by atoms with Crippen LogP contribution in [-0.4, -0.2) is 173 Å². The van der Waals surface area contributed by atoms with E-state index in [1.807, 2.05) is 48.7 Å². The van der Waals surface area contributed by atoms with E-state index in [0.29, 0.717) is 19.6 Å². The molecule has 2 N–H and O–H groups in total. The fourth-order valence-electron chi connectivity index (χ4n) is 9.55. The molecule has 0 unspecified atom stereocenters. The first kappa shape index (κ1) is 52.3. The van der Waals surface area contributed by atoms with Gasteiger partial charge in [-0.1, -0.05) is 27.7 Å². The average Bonchev–Trinajstić information content (AvgIpc) is 3.69. The van der Waals surface area contributed by atoms with Gasteiger partial charge in [0.2, 0.25) is 0 Å². The van der Waals surface area contributed by atoms with Gasteiger partial charge >= 0.3 is 12.1 Å². The molecule has 350 valence electrons. The summed E-state index contributed by atoms with van der Waals surface area (Å²) < 4.78 is 65.6. The summed E-state index contributed by atoms with van der Waals surface area (Å²) in [5.74, 6) is -4.15. The number of aliphatic hydroxyl groups is 2. The van der Waals surface area contributed by atoms with Gasteiger partial charge in [0.15, 0.2) is 12.6 Å². The number of hydrogen-bond donors (Lipinski definition) is 2. The summed E-state index contributed by atoms with van der Waals surface area (Å²) in [6.45, 7) is 18.7. The van der Waals surface area contributed by atoms with Crippen LogP contribution in [0.2, 0.25) is 0 Å². The lowest BCUT2D eigenvalue weighted by Gasteiger charge is -2.50. The Morgan fingerprint density at radius 3 is 1.85 bits per heavy atom. The first-order valence-electron chi connectivity index (χ1n) is 21.3. The molecule has 18 atom stereocenters. The van der Waals surface area contributed by atoms with Gasteiger partial charge in [0, 0.05) is 58.7 Å². The molecule has 0 aromatic heterocycles. The largest absolute Gasteiger partial charge is 0.508 e. The zero-order valence-electron chi connectivity index (χ0n) is 39.0. The van der Waals surface area contributed by atoms with Gasteiger partial charge in [-0.2, -0.15) is 0 Å². The van der Waals surface area contributed by atoms with Gasteiger partial charge in [-0.3, -0.25) is 9.59 Å². The van der Waals surface area contributed by atoms with Gasteiger partial charge in [0.25, 0.3) is 0 Å². The number of carbonyl (C=O) groups excluding carboxylic acids is 3. The summed E-state index contributed by atoms with van der Waals surface area (Å²) in [7, 11) is 10.4. The van der Waals surface area contributed by atoms with Gasteiger partial charge in [-0.05, 0) is 74.9 Å². The number of nitrogens with zero attached hydrogens (tertiary/aromatic N) is 1. The zero-order valence-corrected chi connectivity index (χ0v) is 39.0. The van der Waals surface area contributed by atoms with E-state index in [4.69, 9.17) is 42.6 Å². The molecule has 0 aliphatic carbocycles. The highest BCUT2D eigenvalue weighted by Gasteiger charge is 2.54. The minimum absolute atomic E-state index is 0.0356. The summed E-state index contributed by atoms with van der Waals surface area (Å²) in [4.78, 5) is 40.3. The Hall–Kier alpha value is -2.03. The molecule has 0 bridgehead atoms. The van der Waals surface area contributed by atoms with Crippen molar-refractivity contribution in [1.29, 1.82) is 0 Å². The van der Waals surface area contributed by atoms with Crippen LogP contribution in [0.4, 0.5) is 4.79 Å². The van der Waals surface area contributed by atoms with Crippen LogP contribution in [0.25, 0.3) is 0 Å². The van der Waals surface area contributed by atoms with E-state index < -0.39 is 102 Å². The van der Waals surface area contributed by atoms with Crippen molar-refractivity contribution in [2.45, 2.75) is 179 Å². The number of Topliss-reactive ketones (excluding diaryl/α,β-unsaturated/α-hetero) is 1. The molecule has 0 radical (unpaired) electrons. The molecule has 4 rings (SSSR count). The Bertz CT molecular complexity index is 1380. The second kappa shape index (κ2) is 22.0. The second-order valence-corrected chi connectivity index (χ2v) is 18.0. The molecule has 4 fully saturated rings. The summed E-state index contributed by atoms with van der Waals surface area (Å²) in [5, 5.41) is 23.2. The van der Waals surface area contributed by atoms with Crippen molar-refractivity contribution >= 4 is 17.9 Å². The number of esters is 1. The number of cyclic esters (lactones) is 3. The van der Waals surface area contributed by atoms with Crippen LogP contribution in [-0.2, 0) is 61.7 Å². The number of likely N-dealkylation sites (N-methyl/N-ethyl adjacent to an activating group) is 1. The monoisotopic (exact) mass is 864 g/mol. The normalized spacial score (nSPS) is 44.9. The van der Waals surface area contributed by atoms with Crippen LogP contribution in [0.15, 0.2) is 0 Å². The lowest BCUT2D eigenvalue weighted by Crippen LogP contribution is -2.62. The predicted octanol–water partition coefficient (Wildman–Crippen LogP) is 3.90. The fourth-order valence-corrected chi connectivity index (χ4v) is 9.55. The van der Waals surface area contributed by atoms with Crippen molar-refractivity contribution in [3.05, 3.63) is 0 Å². The summed E-state index contributed by atoms with van der Waals surface area (Å²) in [6, 6.07) is -0.0356. The van der Waals surface area contributed by atoms with Crippen molar-refractivity contribution in [1.82, 2.24) is 4.90 Å². The highest BCUT2D eigenvalue weighted by atomic mass is 16.8. The van der Waals surface area contributed by atoms with Gasteiger partial charge < -0.3 is 67.2 Å². The third kappa shape index (κ3) is 11.9. The maximum absolute atomic E-state index is 14.3. The Balaban J connectivity index is 0.00000146. The van der Waals surface area contributed by atoms with Crippen molar-refractivity contribution in [2.75, 3.05) is 55.7 Å². The van der Waals surface area contributed by atoms with E-state index in [1.165, 1.54) is 6.92 Å². The molecule has 60 heavy (non-hydrogen) atoms. The van der Waals surface area contributed by atoms with E-state index in [1.54, 1.807) is 56.1 Å². The van der Waals surface area contributed by atoms with E-state index >= 15 is 0 Å². The van der Waals surface area contributed by atoms with E-state index in [-0.39, 0.29) is 43.3 Å². The number of ether oxygens (including phenoxy) is 11. The van der Waals surface area contributed by atoms with Crippen LogP contribution < -0.4 is 0 Å². The van der Waals surface area contributed by atoms with Crippen LogP contribution in [0, 0.1) is 23.7 Å². The predicted molar refractivity (Wildman–Crippen MR) is 218 cm³/mol. The highest BCUT2D eigenvalue weighted by Crippen LogP contribution is 2.42. The number of methoxy groups -OCH3 is 4. The molecule has 17 heteroatoms. The van der Waals surface area contributed by atoms with E-state index in [0.717, 1.165) is 0 Å². The first-order chi connectivity index (χ1) is 28.0. The van der Waals surface area contributed by atoms with Crippen LogP contribution in [0.5, 0.6) is 0 Å². The van der Waals surface area contributed by atoms with Crippen LogP contribution in [0.1, 0.15) is 94.9 Å². The molecule has 0 spiro atoms. The number of hydrogen-bond acceptors (Lipinski definition) is 17. The number of carbonyl (C=O) groups is 3. The van der Waals surface area contributed by atoms with E-state index in [2.05, 4.69) is 14.4 Å². The number of ketones is 1. The maximum atomic E-state index is 14.3. The van der Waals surface area contributed by atoms with Crippen molar-refractivity contribution in [3.63, 3.8) is 0 Å². The van der Waals surface area contributed by atoms with Gasteiger partial charge in [-0.15, -0.1) is 0 Å². The minimum Gasteiger partial charge on any atom is -0.459 e. The zero-order chi connectivity index (χ0) is 45.5. The lowest BCUT2D eigenvalue weighted by molar-refractivity contribution is -0.322. The fraction of sp³-hybridized carbons (Fsp3) is 0.930. The van der Waals surface area contributed by atoms with Crippen LogP contribution in [0.3, 0.4) is 0 Å². The van der Waals surface area contributed by atoms with Gasteiger partial charge in [0.05, 0.1) is 47.6 Å². The van der Waals surface area contributed by atoms with Gasteiger partial charge in [0.1, 0.15) is 42.9 Å². The number of aliphatic hydroxyl groups excluding tert-OH is 1. The lowest BCUT2D eigenvalue weighted by atomic mass is 9.74. The van der Waals surface area contributed by atoms with Crippen LogP contribution >= 0.6 is 0 Å². The van der Waals surface area contributed by atoms with Crippen molar-refractivity contribution < 1.29 is 76.7 Å². The average molecular weight is 864 g/mol. The summed E-state index contributed by atoms with van der Waals surface area (Å²) in [6.07, 6.45) is -6.81. The third-order valence-electron chi connectivity index (χ3n) is 13.3. The maximum Gasteiger partial charge on any atom is 0.508 e. The SMILES string of the molecule is CC[C@H]1OC(=O)[C@H](C)[C@@H](O[C@H]2C[C@@](C)(OC)[C@@H](OC)[C@H](C)O2)[C@H](C)[C@@H](O[C@@H]2O[C@H](C)C[C@H](N(C)C)[C@H]2OC)[C@](C)(OC)C[C@@H](C)C(=O)[C@H](C)[C@@H](O)[C@]1(C)O.O=C1OCCO1. The molecule has 4 aliphatic heterocycles. The molecule has 0 amide bonds. The van der Waals surface area contributed by atoms with Gasteiger partial charge in [-0.25, -0.2) is 4.79 Å². The van der Waals surface area contributed by atoms with Crippen molar-refractivity contribution in [3.8, 4) is 0 Å². The molecule has 0 aromatic rings. The smallest absolute Gasteiger partial charge is 0.459 e. The molecule has 4 heterocycles. The third-order valence-corrected chi connectivity index (χ3v) is 13.3. The molecule has 17 nitrogen and oxygen atoms in total. The summed E-state index contributed by atoms with van der Waals surface area (Å²) in [5.41, 5.74) is -3.90. The molecule has 0 aromatic carbocycles. The molecule has 0 saturated carbocycles. The van der Waals surface area contributed by atoms with E-state index in [9.17, 15) is 24.6 Å². The number of rotatable bonds is 10. The minimum atomic E-state index is -1.94.